The number of carbonyl (C=O) groups is 7. The van der Waals surface area contributed by atoms with E-state index >= 15 is 0 Å². The number of ether oxygens (including phenoxy) is 6. The van der Waals surface area contributed by atoms with E-state index in [1.807, 2.05) is 71.9 Å². The first-order valence-electron chi connectivity index (χ1n) is 26.8. The van der Waals surface area contributed by atoms with Crippen molar-refractivity contribution in [2.75, 3.05) is 42.7 Å². The van der Waals surface area contributed by atoms with Crippen LogP contribution in [0.4, 0.5) is 0 Å². The molecule has 0 aromatic heterocycles. The molecule has 1 aromatic rings. The Morgan fingerprint density at radius 3 is 1.76 bits per heavy atom. The largest absolute Gasteiger partial charge is 0.469 e. The average molecular weight is 1080 g/mol. The van der Waals surface area contributed by atoms with Gasteiger partial charge in [0.2, 0.25) is 5.91 Å². The molecule has 5 aliphatic rings. The fraction of sp³-hybridized carbons (Fsp3) is 0.600. The molecule has 5 heterocycles. The van der Waals surface area contributed by atoms with Crippen LogP contribution in [0.3, 0.4) is 0 Å². The van der Waals surface area contributed by atoms with Gasteiger partial charge in [0.1, 0.15) is 0 Å². The summed E-state index contributed by atoms with van der Waals surface area (Å²) in [7, 11) is 7.94. The van der Waals surface area contributed by atoms with Crippen LogP contribution in [0.25, 0.3) is 6.08 Å². The number of allylic oxidation sites excluding steroid dienone is 6. The van der Waals surface area contributed by atoms with Crippen molar-refractivity contribution in [3.05, 3.63) is 76.3 Å². The Bertz CT molecular complexity index is 2770. The van der Waals surface area contributed by atoms with E-state index in [9.17, 15) is 33.6 Å². The third-order valence-electron chi connectivity index (χ3n) is 18.3. The fourth-order valence-electron chi connectivity index (χ4n) is 13.3. The maximum absolute atomic E-state index is 14.7. The average Bonchev–Trinajstić information content (AvgIpc) is 4.27. The van der Waals surface area contributed by atoms with Gasteiger partial charge in [-0.15, -0.1) is 0 Å². The third-order valence-corrected chi connectivity index (χ3v) is 18.3. The number of methoxy groups -OCH3 is 6. The van der Waals surface area contributed by atoms with Gasteiger partial charge in [-0.25, -0.2) is 0 Å². The van der Waals surface area contributed by atoms with Crippen molar-refractivity contribution in [2.45, 2.75) is 144 Å². The lowest BCUT2D eigenvalue weighted by atomic mass is 9.55. The molecule has 1 unspecified atom stereocenters. The van der Waals surface area contributed by atoms with Gasteiger partial charge in [0, 0.05) is 118 Å². The Hall–Kier alpha value is -6.72. The van der Waals surface area contributed by atoms with E-state index in [1.54, 1.807) is 6.08 Å². The normalized spacial score (nSPS) is 29.5. The number of hydrogen-bond donors (Lipinski definition) is 2. The molecule has 2 N–H and O–H groups in total. The van der Waals surface area contributed by atoms with Crippen LogP contribution < -0.4 is 10.6 Å². The number of rotatable bonds is 21. The van der Waals surface area contributed by atoms with Gasteiger partial charge >= 0.3 is 35.8 Å². The zero-order chi connectivity index (χ0) is 57.7. The number of nitrogens with one attached hydrogen (secondary N) is 2. The van der Waals surface area contributed by atoms with Gasteiger partial charge in [-0.3, -0.25) is 48.5 Å². The SMILES string of the molecule is C=Cc1ccc(CNC(=O)C[C@]2(C)C3=C(C)C4=N[C@@](C)(C5N=C(/C(C)=C6\N=C(C=C(N3)[C@H]2CCC(=O)OC)C(C)(C)[C@@H]6CCC(=O)OC)[C@](C)(CCC(=O)OC)[C@H]5CC(=O)OC)[C@@](C)(CC(=O)OC)[C@@H]4CCC(=O)OC)cc1. The molecule has 0 radical (unpaired) electrons. The molecule has 8 bridgehead atoms. The highest BCUT2D eigenvalue weighted by molar-refractivity contribution is 6.10. The molecule has 1 fully saturated rings. The van der Waals surface area contributed by atoms with E-state index in [-0.39, 0.29) is 76.7 Å². The van der Waals surface area contributed by atoms with Crippen molar-refractivity contribution < 1.29 is 62.0 Å². The van der Waals surface area contributed by atoms with Crippen LogP contribution in [-0.2, 0) is 68.5 Å². The van der Waals surface area contributed by atoms with Gasteiger partial charge in [-0.2, -0.15) is 0 Å². The molecule has 0 aliphatic carbocycles. The molecule has 1 saturated heterocycles. The molecule has 0 spiro atoms. The van der Waals surface area contributed by atoms with Gasteiger partial charge in [0.25, 0.3) is 0 Å². The van der Waals surface area contributed by atoms with E-state index in [2.05, 4.69) is 31.1 Å². The first-order chi connectivity index (χ1) is 36.8. The van der Waals surface area contributed by atoms with Crippen LogP contribution >= 0.6 is 0 Å². The summed E-state index contributed by atoms with van der Waals surface area (Å²) in [5, 5.41) is 6.96. The third kappa shape index (κ3) is 11.5. The van der Waals surface area contributed by atoms with Crippen molar-refractivity contribution in [3.8, 4) is 0 Å². The molecule has 6 rings (SSSR count). The number of esters is 6. The van der Waals surface area contributed by atoms with Crippen molar-refractivity contribution >= 4 is 64.9 Å². The molecule has 1 amide bonds. The molecular formula is C60H81N5O13. The second-order valence-corrected chi connectivity index (χ2v) is 22.9. The van der Waals surface area contributed by atoms with Gasteiger partial charge < -0.3 is 39.1 Å². The van der Waals surface area contributed by atoms with E-state index in [0.29, 0.717) is 51.8 Å². The Morgan fingerprint density at radius 1 is 0.667 bits per heavy atom. The minimum Gasteiger partial charge on any atom is -0.469 e. The number of amides is 1. The van der Waals surface area contributed by atoms with Crippen LogP contribution in [-0.4, -0.2) is 113 Å². The van der Waals surface area contributed by atoms with Crippen LogP contribution in [0.5, 0.6) is 0 Å². The van der Waals surface area contributed by atoms with Crippen molar-refractivity contribution in [1.82, 2.24) is 10.6 Å². The number of benzene rings is 1. The summed E-state index contributed by atoms with van der Waals surface area (Å²) in [6, 6.07) is 6.80. The van der Waals surface area contributed by atoms with Crippen molar-refractivity contribution in [1.29, 1.82) is 0 Å². The predicted molar refractivity (Wildman–Crippen MR) is 294 cm³/mol. The maximum Gasteiger partial charge on any atom is 0.306 e. The number of hydrogen-bond acceptors (Lipinski definition) is 17. The Labute approximate surface area is 459 Å². The number of fused-ring (bicyclic) bond motifs is 6. The minimum absolute atomic E-state index is 0.00642. The predicted octanol–water partition coefficient (Wildman–Crippen LogP) is 8.32. The van der Waals surface area contributed by atoms with Crippen LogP contribution in [0.2, 0.25) is 0 Å². The van der Waals surface area contributed by atoms with Gasteiger partial charge in [-0.05, 0) is 74.8 Å². The molecule has 9 atom stereocenters. The summed E-state index contributed by atoms with van der Waals surface area (Å²) >= 11 is 0. The highest BCUT2D eigenvalue weighted by Gasteiger charge is 2.66. The molecule has 424 valence electrons. The van der Waals surface area contributed by atoms with E-state index in [4.69, 9.17) is 43.4 Å². The Morgan fingerprint density at radius 2 is 1.21 bits per heavy atom. The summed E-state index contributed by atoms with van der Waals surface area (Å²) in [5.41, 5.74) is 1.32. The van der Waals surface area contributed by atoms with Crippen molar-refractivity contribution in [2.24, 2.45) is 60.3 Å². The lowest BCUT2D eigenvalue weighted by Crippen LogP contribution is -2.55. The quantitative estimate of drug-likeness (QED) is 0.0870. The minimum atomic E-state index is -1.39. The van der Waals surface area contributed by atoms with E-state index in [1.165, 1.54) is 42.7 Å². The number of nitrogens with zero attached hydrogens (tertiary/aromatic N) is 3. The number of carbonyl (C=O) groups excluding carboxylic acids is 7. The summed E-state index contributed by atoms with van der Waals surface area (Å²) in [6.07, 6.45) is 4.21. The fourth-order valence-corrected chi connectivity index (χ4v) is 13.3. The Balaban J connectivity index is 1.77. The molecule has 1 aromatic carbocycles. The lowest BCUT2D eigenvalue weighted by molar-refractivity contribution is -0.147. The van der Waals surface area contributed by atoms with Gasteiger partial charge in [0.15, 0.2) is 0 Å². The molecule has 0 saturated carbocycles. The summed E-state index contributed by atoms with van der Waals surface area (Å²) < 4.78 is 31.7. The molecular weight excluding hydrogens is 999 g/mol. The van der Waals surface area contributed by atoms with Crippen LogP contribution in [0.1, 0.15) is 137 Å². The standard InChI is InChI=1S/C60H81N5O13/c1-16-36-17-19-37(20-18-36)33-61-44(66)31-58(7)38(21-24-45(67)73-10)42-30-43-56(4,5)39(22-25-46(68)74-11)51(63-43)34(2)53-57(6,28-27-48(70)76-13)41(29-49(71)77-14)55(64-53)60(9)59(8,32-50(72)78-15)40(23-26-47(69)75-12)52(65-60)35(3)54(58)62-42/h16-20,30,38-41,55,62H,1,21-29,31-33H2,2-15H3,(H,61,66)/b42-30?,51-34-,54-35?/t38-,39-,40-,41+,55?,57-,58+,59+,60+/m1/s1. The smallest absolute Gasteiger partial charge is 0.306 e. The van der Waals surface area contributed by atoms with E-state index < -0.39 is 92.7 Å². The van der Waals surface area contributed by atoms with Crippen LogP contribution in [0, 0.1) is 45.3 Å². The number of aliphatic imine (C=N–C) groups is 3. The monoisotopic (exact) mass is 1080 g/mol. The first kappa shape index (κ1) is 60.5. The molecule has 18 heteroatoms. The highest BCUT2D eigenvalue weighted by atomic mass is 16.5. The van der Waals surface area contributed by atoms with Gasteiger partial charge in [-0.1, -0.05) is 71.5 Å². The summed E-state index contributed by atoms with van der Waals surface area (Å²) in [6.45, 7) is 19.9. The molecule has 18 nitrogen and oxygen atoms in total. The highest BCUT2D eigenvalue weighted by Crippen LogP contribution is 2.62. The van der Waals surface area contributed by atoms with E-state index in [0.717, 1.165) is 11.1 Å². The topological polar surface area (TPSA) is 236 Å². The van der Waals surface area contributed by atoms with Gasteiger partial charge in [0.05, 0.1) is 67.1 Å². The first-order valence-corrected chi connectivity index (χ1v) is 26.8. The zero-order valence-corrected chi connectivity index (χ0v) is 48.2. The lowest BCUT2D eigenvalue weighted by Gasteiger charge is -2.48. The summed E-state index contributed by atoms with van der Waals surface area (Å²) in [5.74, 6) is -5.48. The molecule has 5 aliphatic heterocycles. The summed E-state index contributed by atoms with van der Waals surface area (Å²) in [4.78, 5) is 113. The maximum atomic E-state index is 14.7. The second kappa shape index (κ2) is 24.1. The molecule has 78 heavy (non-hydrogen) atoms. The second-order valence-electron chi connectivity index (χ2n) is 22.9. The van der Waals surface area contributed by atoms with Crippen molar-refractivity contribution in [3.63, 3.8) is 0 Å². The zero-order valence-electron chi connectivity index (χ0n) is 48.2. The Kier molecular flexibility index (Phi) is 18.7. The van der Waals surface area contributed by atoms with Crippen LogP contribution in [0.15, 0.2) is 80.1 Å².